The smallest absolute Gasteiger partial charge is 0.0991 e. The van der Waals surface area contributed by atoms with E-state index in [-0.39, 0.29) is 5.41 Å². The minimum atomic E-state index is -0.944. The maximum atomic E-state index is 11.3. The van der Waals surface area contributed by atoms with Crippen molar-refractivity contribution in [1.29, 1.82) is 5.26 Å². The van der Waals surface area contributed by atoms with E-state index in [1.165, 1.54) is 6.42 Å². The molecule has 1 atom stereocenters. The lowest BCUT2D eigenvalue weighted by Crippen LogP contribution is -2.44. The molecule has 1 aromatic rings. The van der Waals surface area contributed by atoms with Gasteiger partial charge in [0, 0.05) is 11.9 Å². The van der Waals surface area contributed by atoms with Crippen LogP contribution in [0.2, 0.25) is 0 Å². The van der Waals surface area contributed by atoms with Crippen molar-refractivity contribution in [1.82, 2.24) is 0 Å². The monoisotopic (exact) mass is 270 g/mol. The van der Waals surface area contributed by atoms with Crippen LogP contribution in [-0.2, 0) is 11.2 Å². The zero-order valence-corrected chi connectivity index (χ0v) is 11.9. The third-order valence-electron chi connectivity index (χ3n) is 4.76. The first kappa shape index (κ1) is 14.6. The number of carboxylic acid groups (broad SMARTS) is 1. The Hall–Kier alpha value is -1.82. The molecule has 1 aromatic carbocycles. The van der Waals surface area contributed by atoms with Crippen LogP contribution < -0.4 is 5.11 Å². The van der Waals surface area contributed by atoms with E-state index in [0.717, 1.165) is 37.7 Å². The molecule has 1 aliphatic carbocycles. The lowest BCUT2D eigenvalue weighted by Gasteiger charge is -2.43. The summed E-state index contributed by atoms with van der Waals surface area (Å²) in [4.78, 5) is 11.3. The van der Waals surface area contributed by atoms with Gasteiger partial charge in [-0.1, -0.05) is 38.3 Å². The molecule has 0 saturated heterocycles. The van der Waals surface area contributed by atoms with E-state index in [1.807, 2.05) is 12.1 Å². The first-order valence-electron chi connectivity index (χ1n) is 7.27. The molecular weight excluding hydrogens is 250 g/mol. The second-order valence-electron chi connectivity index (χ2n) is 5.95. The molecule has 0 heterocycles. The summed E-state index contributed by atoms with van der Waals surface area (Å²) >= 11 is 0. The van der Waals surface area contributed by atoms with Gasteiger partial charge < -0.3 is 9.90 Å². The van der Waals surface area contributed by atoms with E-state index in [9.17, 15) is 9.90 Å². The highest BCUT2D eigenvalue weighted by molar-refractivity contribution is 5.68. The third kappa shape index (κ3) is 3.01. The van der Waals surface area contributed by atoms with Crippen LogP contribution in [0.1, 0.15) is 50.2 Å². The van der Waals surface area contributed by atoms with E-state index < -0.39 is 11.9 Å². The first-order chi connectivity index (χ1) is 9.57. The van der Waals surface area contributed by atoms with Gasteiger partial charge in [0.1, 0.15) is 0 Å². The van der Waals surface area contributed by atoms with Crippen molar-refractivity contribution in [3.8, 4) is 6.07 Å². The standard InChI is InChI=1S/C17H21NO2/c1-13(16(19)20)17(9-3-2-4-10-17)11-14-5-7-15(12-18)8-6-14/h5-8,13H,2-4,9-11H2,1H3,(H,19,20)/p-1. The molecule has 20 heavy (non-hydrogen) atoms. The fourth-order valence-electron chi connectivity index (χ4n) is 3.37. The largest absolute Gasteiger partial charge is 0.550 e. The lowest BCUT2D eigenvalue weighted by molar-refractivity contribution is -0.315. The number of carboxylic acids is 1. The van der Waals surface area contributed by atoms with Crippen molar-refractivity contribution in [2.75, 3.05) is 0 Å². The minimum Gasteiger partial charge on any atom is -0.550 e. The van der Waals surface area contributed by atoms with Crippen LogP contribution in [0.3, 0.4) is 0 Å². The van der Waals surface area contributed by atoms with E-state index in [1.54, 1.807) is 19.1 Å². The Kier molecular flexibility index (Phi) is 4.44. The summed E-state index contributed by atoms with van der Waals surface area (Å²) in [5.74, 6) is -1.38. The lowest BCUT2D eigenvalue weighted by atomic mass is 9.63. The highest BCUT2D eigenvalue weighted by Gasteiger charge is 2.37. The number of aliphatic carboxylic acids is 1. The van der Waals surface area contributed by atoms with Crippen LogP contribution in [0.4, 0.5) is 0 Å². The number of nitrogens with zero attached hydrogens (tertiary/aromatic N) is 1. The summed E-state index contributed by atoms with van der Waals surface area (Å²) in [6.07, 6.45) is 6.02. The van der Waals surface area contributed by atoms with E-state index >= 15 is 0 Å². The Labute approximate surface area is 120 Å². The molecule has 1 aliphatic rings. The summed E-state index contributed by atoms with van der Waals surface area (Å²) in [5.41, 5.74) is 1.56. The molecule has 3 heteroatoms. The fraction of sp³-hybridized carbons (Fsp3) is 0.529. The van der Waals surface area contributed by atoms with Crippen molar-refractivity contribution < 1.29 is 9.90 Å². The number of carbonyl (C=O) groups excluding carboxylic acids is 1. The topological polar surface area (TPSA) is 63.9 Å². The molecule has 2 rings (SSSR count). The van der Waals surface area contributed by atoms with Gasteiger partial charge in [0.15, 0.2) is 0 Å². The van der Waals surface area contributed by atoms with Gasteiger partial charge in [-0.3, -0.25) is 0 Å². The van der Waals surface area contributed by atoms with Crippen LogP contribution in [0.5, 0.6) is 0 Å². The zero-order chi connectivity index (χ0) is 14.6. The first-order valence-corrected chi connectivity index (χ1v) is 7.27. The molecule has 0 radical (unpaired) electrons. The quantitative estimate of drug-likeness (QED) is 0.844. The van der Waals surface area contributed by atoms with E-state index in [2.05, 4.69) is 6.07 Å². The molecule has 1 saturated carbocycles. The molecule has 1 unspecified atom stereocenters. The number of benzene rings is 1. The second kappa shape index (κ2) is 6.09. The van der Waals surface area contributed by atoms with Crippen molar-refractivity contribution in [3.63, 3.8) is 0 Å². The van der Waals surface area contributed by atoms with E-state index in [4.69, 9.17) is 5.26 Å². The maximum absolute atomic E-state index is 11.3. The molecule has 0 N–H and O–H groups in total. The molecule has 1 fully saturated rings. The Bertz CT molecular complexity index is 507. The Morgan fingerprint density at radius 1 is 1.30 bits per heavy atom. The van der Waals surface area contributed by atoms with Crippen molar-refractivity contribution >= 4 is 5.97 Å². The number of hydrogen-bond acceptors (Lipinski definition) is 3. The van der Waals surface area contributed by atoms with Gasteiger partial charge in [0.25, 0.3) is 0 Å². The molecular formula is C17H20NO2-. The summed E-state index contributed by atoms with van der Waals surface area (Å²) in [6, 6.07) is 9.59. The van der Waals surface area contributed by atoms with Crippen LogP contribution in [0.15, 0.2) is 24.3 Å². The molecule has 0 bridgehead atoms. The molecule has 0 amide bonds. The Morgan fingerprint density at radius 2 is 1.90 bits per heavy atom. The molecule has 0 aliphatic heterocycles. The highest BCUT2D eigenvalue weighted by Crippen LogP contribution is 2.45. The van der Waals surface area contributed by atoms with Crippen LogP contribution in [0, 0.1) is 22.7 Å². The van der Waals surface area contributed by atoms with Gasteiger partial charge in [-0.05, 0) is 42.4 Å². The van der Waals surface area contributed by atoms with Gasteiger partial charge in [0.2, 0.25) is 0 Å². The summed E-state index contributed by atoms with van der Waals surface area (Å²) < 4.78 is 0. The van der Waals surface area contributed by atoms with Gasteiger partial charge in [0.05, 0.1) is 11.6 Å². The van der Waals surface area contributed by atoms with Gasteiger partial charge >= 0.3 is 0 Å². The normalized spacial score (nSPS) is 19.0. The Morgan fingerprint density at radius 3 is 2.40 bits per heavy atom. The average Bonchev–Trinajstić information content (AvgIpc) is 2.48. The van der Waals surface area contributed by atoms with Crippen LogP contribution in [-0.4, -0.2) is 5.97 Å². The summed E-state index contributed by atoms with van der Waals surface area (Å²) in [6.45, 7) is 1.78. The SMILES string of the molecule is CC(C(=O)[O-])C1(Cc2ccc(C#N)cc2)CCCCC1. The number of nitriles is 1. The van der Waals surface area contributed by atoms with Crippen molar-refractivity contribution in [2.45, 2.75) is 45.4 Å². The summed E-state index contributed by atoms with van der Waals surface area (Å²) in [5, 5.41) is 20.2. The zero-order valence-electron chi connectivity index (χ0n) is 11.9. The Balaban J connectivity index is 2.23. The van der Waals surface area contributed by atoms with Crippen LogP contribution in [0.25, 0.3) is 0 Å². The van der Waals surface area contributed by atoms with Crippen LogP contribution >= 0.6 is 0 Å². The predicted molar refractivity (Wildman–Crippen MR) is 74.6 cm³/mol. The summed E-state index contributed by atoms with van der Waals surface area (Å²) in [7, 11) is 0. The number of hydrogen-bond donors (Lipinski definition) is 0. The third-order valence-corrected chi connectivity index (χ3v) is 4.76. The predicted octanol–water partition coefficient (Wildman–Crippen LogP) is 2.44. The average molecular weight is 270 g/mol. The molecule has 0 aromatic heterocycles. The number of rotatable bonds is 4. The van der Waals surface area contributed by atoms with Crippen molar-refractivity contribution in [3.05, 3.63) is 35.4 Å². The highest BCUT2D eigenvalue weighted by atomic mass is 16.4. The molecule has 106 valence electrons. The van der Waals surface area contributed by atoms with Gasteiger partial charge in [-0.2, -0.15) is 5.26 Å². The maximum Gasteiger partial charge on any atom is 0.0991 e. The van der Waals surface area contributed by atoms with Crippen molar-refractivity contribution in [2.24, 2.45) is 11.3 Å². The molecule has 0 spiro atoms. The van der Waals surface area contributed by atoms with Gasteiger partial charge in [-0.15, -0.1) is 0 Å². The van der Waals surface area contributed by atoms with Gasteiger partial charge in [-0.25, -0.2) is 0 Å². The second-order valence-corrected chi connectivity index (χ2v) is 5.95. The van der Waals surface area contributed by atoms with E-state index in [0.29, 0.717) is 5.56 Å². The fourth-order valence-corrected chi connectivity index (χ4v) is 3.37. The number of carbonyl (C=O) groups is 1. The molecule has 3 nitrogen and oxygen atoms in total. The minimum absolute atomic E-state index is 0.189.